The molecule has 0 amide bonds. The molecule has 3 rings (SSSR count). The first kappa shape index (κ1) is 19.7. The molecule has 2 N–H and O–H groups in total. The third-order valence-electron chi connectivity index (χ3n) is 4.72. The van der Waals surface area contributed by atoms with Gasteiger partial charge in [-0.1, -0.05) is 6.92 Å². The number of carboxylic acids is 1. The Morgan fingerprint density at radius 2 is 1.96 bits per heavy atom. The van der Waals surface area contributed by atoms with E-state index in [9.17, 15) is 19.5 Å². The Bertz CT molecular complexity index is 823. The average Bonchev–Trinajstić information content (AvgIpc) is 2.59. The summed E-state index contributed by atoms with van der Waals surface area (Å²) in [5.74, 6) is -3.44. The van der Waals surface area contributed by atoms with Gasteiger partial charge in [0.2, 0.25) is 0 Å². The standard InChI is InChI=1S/C20H24N2O6/c1-12-5-4-8-22(11-12)16-7-6-13(9-14(16)17(23)24)21-10-15-18(25)27-20(2,3)28-19(15)26/h6-7,9-10,12,21H,4-5,8,11H2,1-3H3,(H,23,24). The lowest BCUT2D eigenvalue weighted by molar-refractivity contribution is -0.222. The van der Waals surface area contributed by atoms with Gasteiger partial charge in [-0.05, 0) is 37.0 Å². The Morgan fingerprint density at radius 1 is 1.29 bits per heavy atom. The molecule has 1 atom stereocenters. The van der Waals surface area contributed by atoms with Crippen molar-refractivity contribution < 1.29 is 29.0 Å². The summed E-state index contributed by atoms with van der Waals surface area (Å²) in [6.45, 7) is 6.70. The van der Waals surface area contributed by atoms with Gasteiger partial charge >= 0.3 is 17.9 Å². The summed E-state index contributed by atoms with van der Waals surface area (Å²) >= 11 is 0. The van der Waals surface area contributed by atoms with Crippen molar-refractivity contribution in [2.45, 2.75) is 39.4 Å². The zero-order chi connectivity index (χ0) is 20.5. The molecule has 2 aliphatic heterocycles. The number of nitrogens with one attached hydrogen (secondary N) is 1. The molecule has 0 radical (unpaired) electrons. The van der Waals surface area contributed by atoms with Crippen molar-refractivity contribution in [1.29, 1.82) is 0 Å². The molecule has 0 spiro atoms. The highest BCUT2D eigenvalue weighted by molar-refractivity contribution is 6.15. The number of carboxylic acid groups (broad SMARTS) is 1. The van der Waals surface area contributed by atoms with Gasteiger partial charge < -0.3 is 24.8 Å². The van der Waals surface area contributed by atoms with Crippen molar-refractivity contribution in [2.24, 2.45) is 5.92 Å². The van der Waals surface area contributed by atoms with E-state index in [-0.39, 0.29) is 11.1 Å². The number of aromatic carboxylic acids is 1. The smallest absolute Gasteiger partial charge is 0.350 e. The molecule has 2 heterocycles. The van der Waals surface area contributed by atoms with Crippen molar-refractivity contribution >= 4 is 29.3 Å². The number of carbonyl (C=O) groups is 3. The average molecular weight is 388 g/mol. The van der Waals surface area contributed by atoms with Crippen LogP contribution in [-0.4, -0.2) is 41.9 Å². The summed E-state index contributed by atoms with van der Waals surface area (Å²) in [6.07, 6.45) is 3.32. The third-order valence-corrected chi connectivity index (χ3v) is 4.72. The van der Waals surface area contributed by atoms with Crippen LogP contribution >= 0.6 is 0 Å². The predicted molar refractivity (Wildman–Crippen MR) is 102 cm³/mol. The molecule has 1 unspecified atom stereocenters. The van der Waals surface area contributed by atoms with Gasteiger partial charge in [0.05, 0.1) is 11.3 Å². The number of esters is 2. The third kappa shape index (κ3) is 4.27. The summed E-state index contributed by atoms with van der Waals surface area (Å²) in [5.41, 5.74) is 0.970. The highest BCUT2D eigenvalue weighted by atomic mass is 16.7. The van der Waals surface area contributed by atoms with E-state index >= 15 is 0 Å². The van der Waals surface area contributed by atoms with Crippen LogP contribution in [0.4, 0.5) is 11.4 Å². The second-order valence-corrected chi connectivity index (χ2v) is 7.61. The van der Waals surface area contributed by atoms with E-state index in [0.29, 0.717) is 17.3 Å². The SMILES string of the molecule is CC1CCCN(c2ccc(NC=C3C(=O)OC(C)(C)OC3=O)cc2C(=O)O)C1. The maximum atomic E-state index is 12.0. The Morgan fingerprint density at radius 3 is 2.57 bits per heavy atom. The molecule has 2 saturated heterocycles. The minimum atomic E-state index is -1.31. The largest absolute Gasteiger partial charge is 0.478 e. The number of rotatable bonds is 4. The van der Waals surface area contributed by atoms with E-state index in [0.717, 1.165) is 25.9 Å². The molecule has 0 aliphatic carbocycles. The van der Waals surface area contributed by atoms with Crippen LogP contribution in [0, 0.1) is 5.92 Å². The van der Waals surface area contributed by atoms with Crippen molar-refractivity contribution in [3.05, 3.63) is 35.5 Å². The molecule has 1 aromatic rings. The Balaban J connectivity index is 1.82. The van der Waals surface area contributed by atoms with Gasteiger partial charge in [-0.3, -0.25) is 0 Å². The lowest BCUT2D eigenvalue weighted by atomic mass is 9.98. The van der Waals surface area contributed by atoms with Gasteiger partial charge in [0.15, 0.2) is 5.57 Å². The van der Waals surface area contributed by atoms with Gasteiger partial charge in [0.25, 0.3) is 5.79 Å². The van der Waals surface area contributed by atoms with Gasteiger partial charge in [0, 0.05) is 38.8 Å². The first-order chi connectivity index (χ1) is 13.2. The summed E-state index contributed by atoms with van der Waals surface area (Å²) in [7, 11) is 0. The van der Waals surface area contributed by atoms with Crippen molar-refractivity contribution in [3.8, 4) is 0 Å². The van der Waals surface area contributed by atoms with E-state index in [1.54, 1.807) is 12.1 Å². The number of piperidine rings is 1. The monoisotopic (exact) mass is 388 g/mol. The van der Waals surface area contributed by atoms with Gasteiger partial charge in [0.1, 0.15) is 0 Å². The number of hydrogen-bond donors (Lipinski definition) is 2. The molecule has 28 heavy (non-hydrogen) atoms. The minimum Gasteiger partial charge on any atom is -0.478 e. The maximum absolute atomic E-state index is 12.0. The predicted octanol–water partition coefficient (Wildman–Crippen LogP) is 2.75. The number of ether oxygens (including phenoxy) is 2. The van der Waals surface area contributed by atoms with Crippen LogP contribution in [0.1, 0.15) is 44.0 Å². The summed E-state index contributed by atoms with van der Waals surface area (Å²) in [4.78, 5) is 37.8. The van der Waals surface area contributed by atoms with E-state index in [2.05, 4.69) is 17.1 Å². The second kappa shape index (κ2) is 7.53. The number of hydrogen-bond acceptors (Lipinski definition) is 7. The van der Waals surface area contributed by atoms with Crippen LogP contribution < -0.4 is 10.2 Å². The summed E-state index contributed by atoms with van der Waals surface area (Å²) < 4.78 is 10.0. The number of anilines is 2. The van der Waals surface area contributed by atoms with E-state index in [4.69, 9.17) is 9.47 Å². The van der Waals surface area contributed by atoms with Crippen molar-refractivity contribution in [3.63, 3.8) is 0 Å². The topological polar surface area (TPSA) is 105 Å². The van der Waals surface area contributed by atoms with Gasteiger partial charge in [-0.15, -0.1) is 0 Å². The highest BCUT2D eigenvalue weighted by Crippen LogP contribution is 2.29. The molecule has 0 saturated carbocycles. The Kier molecular flexibility index (Phi) is 5.31. The fourth-order valence-electron chi connectivity index (χ4n) is 3.42. The van der Waals surface area contributed by atoms with E-state index in [1.165, 1.54) is 26.1 Å². The molecule has 0 bridgehead atoms. The van der Waals surface area contributed by atoms with Crippen LogP contribution in [0.3, 0.4) is 0 Å². The number of cyclic esters (lactones) is 2. The normalized spacial score (nSPS) is 21.6. The zero-order valence-corrected chi connectivity index (χ0v) is 16.2. The first-order valence-electron chi connectivity index (χ1n) is 9.22. The van der Waals surface area contributed by atoms with Crippen LogP contribution in [0.25, 0.3) is 0 Å². The maximum Gasteiger partial charge on any atom is 0.350 e. The van der Waals surface area contributed by atoms with Gasteiger partial charge in [-0.2, -0.15) is 0 Å². The zero-order valence-electron chi connectivity index (χ0n) is 16.2. The van der Waals surface area contributed by atoms with Crippen molar-refractivity contribution in [1.82, 2.24) is 0 Å². The Labute approximate surface area is 163 Å². The molecular weight excluding hydrogens is 364 g/mol. The van der Waals surface area contributed by atoms with Crippen LogP contribution in [-0.2, 0) is 19.1 Å². The molecule has 8 nitrogen and oxygen atoms in total. The van der Waals surface area contributed by atoms with Crippen LogP contribution in [0.2, 0.25) is 0 Å². The molecule has 8 heteroatoms. The molecule has 1 aromatic carbocycles. The quantitative estimate of drug-likeness (QED) is 0.461. The molecule has 2 aliphatic rings. The van der Waals surface area contributed by atoms with Crippen LogP contribution in [0.5, 0.6) is 0 Å². The molecule has 150 valence electrons. The molecule has 2 fully saturated rings. The number of nitrogens with zero attached hydrogens (tertiary/aromatic N) is 1. The second-order valence-electron chi connectivity index (χ2n) is 7.61. The molecule has 0 aromatic heterocycles. The van der Waals surface area contributed by atoms with Crippen molar-refractivity contribution in [2.75, 3.05) is 23.3 Å². The van der Waals surface area contributed by atoms with Crippen LogP contribution in [0.15, 0.2) is 30.0 Å². The summed E-state index contributed by atoms with van der Waals surface area (Å²) in [5, 5.41) is 12.4. The Hall–Kier alpha value is -3.03. The minimum absolute atomic E-state index is 0.160. The lowest BCUT2D eigenvalue weighted by Crippen LogP contribution is -2.42. The summed E-state index contributed by atoms with van der Waals surface area (Å²) in [6, 6.07) is 4.93. The van der Waals surface area contributed by atoms with Gasteiger partial charge in [-0.25, -0.2) is 14.4 Å². The highest BCUT2D eigenvalue weighted by Gasteiger charge is 2.39. The molecular formula is C20H24N2O6. The number of carbonyl (C=O) groups excluding carboxylic acids is 2. The lowest BCUT2D eigenvalue weighted by Gasteiger charge is -2.33. The first-order valence-corrected chi connectivity index (χ1v) is 9.22. The fourth-order valence-corrected chi connectivity index (χ4v) is 3.42. The van der Waals surface area contributed by atoms with E-state index < -0.39 is 23.7 Å². The van der Waals surface area contributed by atoms with E-state index in [1.807, 2.05) is 0 Å². The fraction of sp³-hybridized carbons (Fsp3) is 0.450. The number of benzene rings is 1.